The van der Waals surface area contributed by atoms with Crippen molar-refractivity contribution >= 4 is 5.97 Å². The molecule has 0 aromatic heterocycles. The van der Waals surface area contributed by atoms with E-state index < -0.39 is 18.3 Å². The minimum absolute atomic E-state index is 0.0567. The van der Waals surface area contributed by atoms with E-state index in [1.807, 2.05) is 0 Å². The number of ether oxygens (including phenoxy) is 3. The fraction of sp³-hybridized carbons (Fsp3) is 0.952. The zero-order valence-electron chi connectivity index (χ0n) is 18.0. The Bertz CT molecular complexity index is 343. The lowest BCUT2D eigenvalue weighted by molar-refractivity contribution is -0.162. The molecule has 29 heavy (non-hydrogen) atoms. The number of esters is 1. The summed E-state index contributed by atoms with van der Waals surface area (Å²) in [6, 6.07) is 0. The molecule has 8 heteroatoms. The Balaban J connectivity index is 4.13. The van der Waals surface area contributed by atoms with Crippen LogP contribution >= 0.6 is 0 Å². The SMILES string of the molecule is CCCCCCCCCCCC(=O)OC(COC(CO)CO)COC(CO)CO. The van der Waals surface area contributed by atoms with Crippen LogP contribution in [0.25, 0.3) is 0 Å². The van der Waals surface area contributed by atoms with Gasteiger partial charge in [-0.2, -0.15) is 0 Å². The van der Waals surface area contributed by atoms with Crippen LogP contribution in [0.15, 0.2) is 0 Å². The Labute approximate surface area is 175 Å². The van der Waals surface area contributed by atoms with Crippen molar-refractivity contribution in [2.24, 2.45) is 0 Å². The van der Waals surface area contributed by atoms with Crippen LogP contribution in [0.5, 0.6) is 0 Å². The normalized spacial score (nSPS) is 11.7. The van der Waals surface area contributed by atoms with Crippen LogP contribution in [-0.4, -0.2) is 84.3 Å². The third kappa shape index (κ3) is 16.7. The summed E-state index contributed by atoms with van der Waals surface area (Å²) in [6.45, 7) is 0.673. The molecule has 174 valence electrons. The average molecular weight is 423 g/mol. The van der Waals surface area contributed by atoms with Crippen LogP contribution in [0, 0.1) is 0 Å². The van der Waals surface area contributed by atoms with E-state index in [0.29, 0.717) is 6.42 Å². The van der Waals surface area contributed by atoms with Crippen LogP contribution < -0.4 is 0 Å². The van der Waals surface area contributed by atoms with Crippen molar-refractivity contribution in [2.45, 2.75) is 89.4 Å². The fourth-order valence-corrected chi connectivity index (χ4v) is 2.75. The molecule has 0 unspecified atom stereocenters. The molecule has 0 aliphatic carbocycles. The summed E-state index contributed by atoms with van der Waals surface area (Å²) in [7, 11) is 0. The molecule has 0 bridgehead atoms. The predicted octanol–water partition coefficient (Wildman–Crippen LogP) is 1.56. The maximum atomic E-state index is 12.1. The van der Waals surface area contributed by atoms with E-state index in [9.17, 15) is 4.79 Å². The summed E-state index contributed by atoms with van der Waals surface area (Å²) in [5.74, 6) is -0.362. The summed E-state index contributed by atoms with van der Waals surface area (Å²) >= 11 is 0. The highest BCUT2D eigenvalue weighted by Crippen LogP contribution is 2.11. The zero-order valence-corrected chi connectivity index (χ0v) is 18.0. The first-order valence-electron chi connectivity index (χ1n) is 11.0. The van der Waals surface area contributed by atoms with Crippen molar-refractivity contribution in [3.8, 4) is 0 Å². The van der Waals surface area contributed by atoms with Crippen molar-refractivity contribution in [1.29, 1.82) is 0 Å². The summed E-state index contributed by atoms with van der Waals surface area (Å²) in [4.78, 5) is 12.1. The Morgan fingerprint density at radius 2 is 1.07 bits per heavy atom. The molecule has 8 nitrogen and oxygen atoms in total. The number of hydrogen-bond acceptors (Lipinski definition) is 8. The molecule has 0 amide bonds. The van der Waals surface area contributed by atoms with E-state index in [0.717, 1.165) is 19.3 Å². The van der Waals surface area contributed by atoms with Gasteiger partial charge in [0.2, 0.25) is 0 Å². The lowest BCUT2D eigenvalue weighted by Crippen LogP contribution is -2.35. The van der Waals surface area contributed by atoms with E-state index in [-0.39, 0.29) is 45.6 Å². The summed E-state index contributed by atoms with van der Waals surface area (Å²) in [5, 5.41) is 36.3. The molecule has 0 saturated carbocycles. The highest BCUT2D eigenvalue weighted by atomic mass is 16.6. The second-order valence-corrected chi connectivity index (χ2v) is 7.33. The van der Waals surface area contributed by atoms with Gasteiger partial charge in [0.25, 0.3) is 0 Å². The topological polar surface area (TPSA) is 126 Å². The van der Waals surface area contributed by atoms with Gasteiger partial charge < -0.3 is 34.6 Å². The van der Waals surface area contributed by atoms with Gasteiger partial charge >= 0.3 is 5.97 Å². The predicted molar refractivity (Wildman–Crippen MR) is 110 cm³/mol. The molecule has 0 heterocycles. The van der Waals surface area contributed by atoms with Crippen LogP contribution in [0.3, 0.4) is 0 Å². The van der Waals surface area contributed by atoms with Gasteiger partial charge in [0.05, 0.1) is 39.6 Å². The Hall–Kier alpha value is -0.770. The summed E-state index contributed by atoms with van der Waals surface area (Å²) in [5.41, 5.74) is 0. The van der Waals surface area contributed by atoms with Crippen LogP contribution in [-0.2, 0) is 19.0 Å². The standard InChI is InChI=1S/C21H42O8/c1-2-3-4-5-6-7-8-9-10-11-21(26)29-20(16-27-18(12-22)13-23)17-28-19(14-24)15-25/h18-20,22-25H,2-17H2,1H3. The molecule has 0 aromatic carbocycles. The second-order valence-electron chi connectivity index (χ2n) is 7.33. The lowest BCUT2D eigenvalue weighted by atomic mass is 10.1. The molecule has 0 fully saturated rings. The molecule has 0 aliphatic rings. The molecule has 0 aliphatic heterocycles. The first-order chi connectivity index (χ1) is 14.1. The van der Waals surface area contributed by atoms with Crippen molar-refractivity contribution < 1.29 is 39.4 Å². The Morgan fingerprint density at radius 3 is 1.48 bits per heavy atom. The molecule has 0 aromatic rings. The number of aliphatic hydroxyl groups excluding tert-OH is 4. The van der Waals surface area contributed by atoms with Crippen molar-refractivity contribution in [2.75, 3.05) is 39.6 Å². The van der Waals surface area contributed by atoms with Gasteiger partial charge in [-0.05, 0) is 6.42 Å². The maximum absolute atomic E-state index is 12.1. The van der Waals surface area contributed by atoms with Gasteiger partial charge in [-0.1, -0.05) is 58.3 Å². The number of aliphatic hydroxyl groups is 4. The number of rotatable bonds is 21. The Kier molecular flexibility index (Phi) is 20.0. The molecule has 0 rings (SSSR count). The molecular formula is C21H42O8. The molecule has 4 N–H and O–H groups in total. The summed E-state index contributed by atoms with van der Waals surface area (Å²) < 4.78 is 16.0. The maximum Gasteiger partial charge on any atom is 0.306 e. The first kappa shape index (κ1) is 28.2. The smallest absolute Gasteiger partial charge is 0.306 e. The van der Waals surface area contributed by atoms with Gasteiger partial charge in [-0.3, -0.25) is 4.79 Å². The molecule has 0 saturated heterocycles. The zero-order chi connectivity index (χ0) is 21.7. The van der Waals surface area contributed by atoms with Crippen LogP contribution in [0.2, 0.25) is 0 Å². The van der Waals surface area contributed by atoms with Crippen LogP contribution in [0.4, 0.5) is 0 Å². The molecule has 0 spiro atoms. The van der Waals surface area contributed by atoms with Gasteiger partial charge in [0.1, 0.15) is 18.3 Å². The van der Waals surface area contributed by atoms with E-state index in [1.165, 1.54) is 38.5 Å². The third-order valence-electron chi connectivity index (χ3n) is 4.63. The number of unbranched alkanes of at least 4 members (excludes halogenated alkanes) is 8. The minimum atomic E-state index is -0.764. The number of carbonyl (C=O) groups is 1. The highest BCUT2D eigenvalue weighted by molar-refractivity contribution is 5.69. The van der Waals surface area contributed by atoms with Gasteiger partial charge in [0, 0.05) is 6.42 Å². The monoisotopic (exact) mass is 422 g/mol. The Morgan fingerprint density at radius 1 is 0.655 bits per heavy atom. The molecule has 0 atom stereocenters. The van der Waals surface area contributed by atoms with Crippen molar-refractivity contribution in [3.05, 3.63) is 0 Å². The van der Waals surface area contributed by atoms with E-state index in [2.05, 4.69) is 6.92 Å². The van der Waals surface area contributed by atoms with Crippen molar-refractivity contribution in [3.63, 3.8) is 0 Å². The van der Waals surface area contributed by atoms with E-state index in [4.69, 9.17) is 34.6 Å². The van der Waals surface area contributed by atoms with Gasteiger partial charge in [0.15, 0.2) is 0 Å². The average Bonchev–Trinajstić information content (AvgIpc) is 2.73. The van der Waals surface area contributed by atoms with Crippen molar-refractivity contribution in [1.82, 2.24) is 0 Å². The highest BCUT2D eigenvalue weighted by Gasteiger charge is 2.19. The number of carbonyl (C=O) groups excluding carboxylic acids is 1. The third-order valence-corrected chi connectivity index (χ3v) is 4.63. The van der Waals surface area contributed by atoms with Gasteiger partial charge in [-0.15, -0.1) is 0 Å². The van der Waals surface area contributed by atoms with E-state index >= 15 is 0 Å². The summed E-state index contributed by atoms with van der Waals surface area (Å²) in [6.07, 6.45) is 8.45. The quantitative estimate of drug-likeness (QED) is 0.162. The van der Waals surface area contributed by atoms with Crippen LogP contribution in [0.1, 0.15) is 71.1 Å². The molecule has 0 radical (unpaired) electrons. The van der Waals surface area contributed by atoms with E-state index in [1.54, 1.807) is 0 Å². The largest absolute Gasteiger partial charge is 0.457 e. The molecular weight excluding hydrogens is 380 g/mol. The fourth-order valence-electron chi connectivity index (χ4n) is 2.75. The second kappa shape index (κ2) is 20.5. The lowest BCUT2D eigenvalue weighted by Gasteiger charge is -2.22. The first-order valence-corrected chi connectivity index (χ1v) is 11.0. The van der Waals surface area contributed by atoms with Gasteiger partial charge in [-0.25, -0.2) is 0 Å². The minimum Gasteiger partial charge on any atom is -0.457 e. The number of hydrogen-bond donors (Lipinski definition) is 4.